The van der Waals surface area contributed by atoms with Crippen LogP contribution in [0.3, 0.4) is 0 Å². The molecule has 0 radical (unpaired) electrons. The molecule has 1 aromatic heterocycles. The van der Waals surface area contributed by atoms with Crippen LogP contribution in [0.2, 0.25) is 0 Å². The van der Waals surface area contributed by atoms with Crippen LogP contribution in [0, 0.1) is 30.6 Å². The van der Waals surface area contributed by atoms with Crippen molar-refractivity contribution in [1.29, 1.82) is 0 Å². The summed E-state index contributed by atoms with van der Waals surface area (Å²) >= 11 is 1.81. The van der Waals surface area contributed by atoms with E-state index in [0.717, 1.165) is 40.4 Å². The molecule has 0 spiro atoms. The van der Waals surface area contributed by atoms with E-state index in [1.807, 2.05) is 11.3 Å². The number of rotatable bonds is 2. The largest absolute Gasteiger partial charge is 0.358 e. The normalized spacial score (nSPS) is 38.7. The molecule has 4 unspecified atom stereocenters. The van der Waals surface area contributed by atoms with E-state index in [9.17, 15) is 0 Å². The summed E-state index contributed by atoms with van der Waals surface area (Å²) in [6.45, 7) is 2.13. The number of hydrogen-bond acceptors (Lipinski definition) is 3. The minimum absolute atomic E-state index is 0.743. The minimum Gasteiger partial charge on any atom is -0.358 e. The van der Waals surface area contributed by atoms with Gasteiger partial charge in [0.2, 0.25) is 0 Å². The van der Waals surface area contributed by atoms with Gasteiger partial charge in [-0.05, 0) is 67.6 Å². The zero-order valence-electron chi connectivity index (χ0n) is 11.1. The first-order valence-corrected chi connectivity index (χ1v) is 8.25. The smallest absolute Gasteiger partial charge is 0.184 e. The first-order valence-electron chi connectivity index (χ1n) is 7.43. The van der Waals surface area contributed by atoms with E-state index in [4.69, 9.17) is 4.98 Å². The van der Waals surface area contributed by atoms with Gasteiger partial charge in [-0.1, -0.05) is 17.4 Å². The standard InChI is InChI=1S/C16H18N2S/c1-8-2-5-12-11(6-8)17-16(19-12)18-15-13-9-3-4-10(7-9)14(13)15/h2,5-6,9-10,13-15H,3-4,7H2,1H3,(H,17,18). The van der Waals surface area contributed by atoms with E-state index in [1.165, 1.54) is 29.5 Å². The highest BCUT2D eigenvalue weighted by Crippen LogP contribution is 2.66. The Bertz CT molecular complexity index is 646. The second-order valence-electron chi connectivity index (χ2n) is 6.65. The second kappa shape index (κ2) is 3.51. The highest BCUT2D eigenvalue weighted by molar-refractivity contribution is 7.22. The molecule has 2 bridgehead atoms. The molecule has 19 heavy (non-hydrogen) atoms. The zero-order valence-corrected chi connectivity index (χ0v) is 11.9. The Kier molecular flexibility index (Phi) is 1.97. The van der Waals surface area contributed by atoms with Gasteiger partial charge in [-0.25, -0.2) is 4.98 Å². The maximum atomic E-state index is 4.76. The lowest BCUT2D eigenvalue weighted by Gasteiger charge is -2.08. The topological polar surface area (TPSA) is 24.9 Å². The van der Waals surface area contributed by atoms with Crippen molar-refractivity contribution in [2.75, 3.05) is 5.32 Å². The van der Waals surface area contributed by atoms with Crippen molar-refractivity contribution >= 4 is 26.7 Å². The maximum absolute atomic E-state index is 4.76. The molecule has 3 aliphatic rings. The molecule has 0 saturated heterocycles. The van der Waals surface area contributed by atoms with Crippen LogP contribution in [0.4, 0.5) is 5.13 Å². The monoisotopic (exact) mass is 270 g/mol. The molecule has 1 aromatic carbocycles. The number of nitrogens with zero attached hydrogens (tertiary/aromatic N) is 1. The molecular formula is C16H18N2S. The molecule has 5 rings (SSSR count). The number of thiazole rings is 1. The molecule has 1 heterocycles. The SMILES string of the molecule is Cc1ccc2sc(NC3C4C5CCC(C5)C34)nc2c1. The Morgan fingerprint density at radius 3 is 2.79 bits per heavy atom. The average Bonchev–Trinajstić information content (AvgIpc) is 2.79. The van der Waals surface area contributed by atoms with Gasteiger partial charge in [0.25, 0.3) is 0 Å². The lowest BCUT2D eigenvalue weighted by molar-refractivity contribution is 0.456. The molecule has 3 heteroatoms. The average molecular weight is 270 g/mol. The molecule has 0 aliphatic heterocycles. The Morgan fingerprint density at radius 2 is 2.00 bits per heavy atom. The molecule has 2 nitrogen and oxygen atoms in total. The summed E-state index contributed by atoms with van der Waals surface area (Å²) in [7, 11) is 0. The summed E-state index contributed by atoms with van der Waals surface area (Å²) in [5.74, 6) is 4.02. The third kappa shape index (κ3) is 1.45. The van der Waals surface area contributed by atoms with Gasteiger partial charge in [0.05, 0.1) is 10.2 Å². The third-order valence-electron chi connectivity index (χ3n) is 5.57. The van der Waals surface area contributed by atoms with Crippen LogP contribution in [-0.2, 0) is 0 Å². The summed E-state index contributed by atoms with van der Waals surface area (Å²) < 4.78 is 1.31. The van der Waals surface area contributed by atoms with E-state index in [2.05, 4.69) is 30.4 Å². The number of anilines is 1. The van der Waals surface area contributed by atoms with Gasteiger partial charge in [0.15, 0.2) is 5.13 Å². The van der Waals surface area contributed by atoms with E-state index < -0.39 is 0 Å². The van der Waals surface area contributed by atoms with Crippen LogP contribution in [-0.4, -0.2) is 11.0 Å². The Hall–Kier alpha value is -1.09. The lowest BCUT2D eigenvalue weighted by atomic mass is 10.0. The van der Waals surface area contributed by atoms with Gasteiger partial charge >= 0.3 is 0 Å². The summed E-state index contributed by atoms with van der Waals surface area (Å²) in [6.07, 6.45) is 4.50. The van der Waals surface area contributed by atoms with E-state index in [0.29, 0.717) is 0 Å². The first kappa shape index (κ1) is 10.7. The highest BCUT2D eigenvalue weighted by atomic mass is 32.1. The van der Waals surface area contributed by atoms with Gasteiger partial charge in [-0.2, -0.15) is 0 Å². The van der Waals surface area contributed by atoms with Crippen LogP contribution in [0.15, 0.2) is 18.2 Å². The molecule has 3 saturated carbocycles. The van der Waals surface area contributed by atoms with Gasteiger partial charge in [0, 0.05) is 6.04 Å². The summed E-state index contributed by atoms with van der Waals surface area (Å²) in [4.78, 5) is 4.76. The van der Waals surface area contributed by atoms with Gasteiger partial charge in [-0.15, -0.1) is 0 Å². The van der Waals surface area contributed by atoms with E-state index >= 15 is 0 Å². The third-order valence-corrected chi connectivity index (χ3v) is 6.54. The van der Waals surface area contributed by atoms with Crippen molar-refractivity contribution < 1.29 is 0 Å². The number of aromatic nitrogens is 1. The van der Waals surface area contributed by atoms with Crippen molar-refractivity contribution in [2.24, 2.45) is 23.7 Å². The second-order valence-corrected chi connectivity index (χ2v) is 7.68. The van der Waals surface area contributed by atoms with Gasteiger partial charge in [-0.3, -0.25) is 0 Å². The lowest BCUT2D eigenvalue weighted by Crippen LogP contribution is -2.12. The van der Waals surface area contributed by atoms with Crippen LogP contribution in [0.25, 0.3) is 10.2 Å². The van der Waals surface area contributed by atoms with Crippen molar-refractivity contribution in [1.82, 2.24) is 4.98 Å². The van der Waals surface area contributed by atoms with Crippen LogP contribution < -0.4 is 5.32 Å². The minimum atomic E-state index is 0.743. The van der Waals surface area contributed by atoms with E-state index in [-0.39, 0.29) is 0 Å². The molecular weight excluding hydrogens is 252 g/mol. The maximum Gasteiger partial charge on any atom is 0.184 e. The van der Waals surface area contributed by atoms with Crippen molar-refractivity contribution in [3.63, 3.8) is 0 Å². The molecule has 0 amide bonds. The summed E-state index contributed by atoms with van der Waals surface area (Å²) in [5.41, 5.74) is 2.45. The molecule has 4 atom stereocenters. The Labute approximate surface area is 117 Å². The molecule has 3 aliphatic carbocycles. The fraction of sp³-hybridized carbons (Fsp3) is 0.562. The summed E-state index contributed by atoms with van der Waals surface area (Å²) in [5, 5.41) is 4.87. The van der Waals surface area contributed by atoms with Crippen molar-refractivity contribution in [3.05, 3.63) is 23.8 Å². The highest BCUT2D eigenvalue weighted by Gasteiger charge is 2.65. The quantitative estimate of drug-likeness (QED) is 0.890. The fourth-order valence-corrected chi connectivity index (χ4v) is 5.65. The predicted molar refractivity (Wildman–Crippen MR) is 79.6 cm³/mol. The predicted octanol–water partition coefficient (Wildman–Crippen LogP) is 4.06. The summed E-state index contributed by atoms with van der Waals surface area (Å²) in [6, 6.07) is 7.31. The molecule has 3 fully saturated rings. The number of benzene rings is 1. The molecule has 1 N–H and O–H groups in total. The first-order chi connectivity index (χ1) is 9.29. The van der Waals surface area contributed by atoms with Gasteiger partial charge < -0.3 is 5.32 Å². The number of aryl methyl sites for hydroxylation is 1. The fourth-order valence-electron chi connectivity index (χ4n) is 4.76. The van der Waals surface area contributed by atoms with Crippen molar-refractivity contribution in [2.45, 2.75) is 32.2 Å². The Morgan fingerprint density at radius 1 is 1.21 bits per heavy atom. The molecule has 98 valence electrons. The number of nitrogens with one attached hydrogen (secondary N) is 1. The van der Waals surface area contributed by atoms with Crippen LogP contribution in [0.5, 0.6) is 0 Å². The van der Waals surface area contributed by atoms with Crippen LogP contribution >= 0.6 is 11.3 Å². The number of hydrogen-bond donors (Lipinski definition) is 1. The Balaban J connectivity index is 1.41. The van der Waals surface area contributed by atoms with Crippen LogP contribution in [0.1, 0.15) is 24.8 Å². The number of fused-ring (bicyclic) bond motifs is 6. The van der Waals surface area contributed by atoms with Crippen molar-refractivity contribution in [3.8, 4) is 0 Å². The van der Waals surface area contributed by atoms with Gasteiger partial charge in [0.1, 0.15) is 0 Å². The molecule has 2 aromatic rings. The van der Waals surface area contributed by atoms with E-state index in [1.54, 1.807) is 0 Å². The zero-order chi connectivity index (χ0) is 12.6.